The number of piperidine rings is 1. The number of aromatic nitrogens is 4. The summed E-state index contributed by atoms with van der Waals surface area (Å²) in [5.41, 5.74) is 2.32. The zero-order chi connectivity index (χ0) is 21.1. The summed E-state index contributed by atoms with van der Waals surface area (Å²) in [6, 6.07) is 9.43. The van der Waals surface area contributed by atoms with Gasteiger partial charge in [-0.1, -0.05) is 23.2 Å². The molecule has 2 atom stereocenters. The number of pyridine rings is 1. The Bertz CT molecular complexity index is 1010. The van der Waals surface area contributed by atoms with Crippen LogP contribution in [0.4, 0.5) is 0 Å². The van der Waals surface area contributed by atoms with Crippen molar-refractivity contribution in [1.82, 2.24) is 24.9 Å². The van der Waals surface area contributed by atoms with Crippen LogP contribution in [0.15, 0.2) is 48.9 Å². The fourth-order valence-electron chi connectivity index (χ4n) is 3.74. The Labute approximate surface area is 180 Å². The lowest BCUT2D eigenvalue weighted by molar-refractivity contribution is 0.0502. The van der Waals surface area contributed by atoms with E-state index in [0.29, 0.717) is 35.3 Å². The molecule has 2 aromatic heterocycles. The molecule has 1 aliphatic heterocycles. The van der Waals surface area contributed by atoms with E-state index in [-0.39, 0.29) is 17.9 Å². The van der Waals surface area contributed by atoms with Crippen molar-refractivity contribution in [1.29, 1.82) is 0 Å². The summed E-state index contributed by atoms with van der Waals surface area (Å²) in [4.78, 5) is 21.1. The number of carbonyl (C=O) groups is 1. The molecule has 0 bridgehead atoms. The fourth-order valence-corrected chi connectivity index (χ4v) is 3.85. The van der Waals surface area contributed by atoms with Gasteiger partial charge in [0.2, 0.25) is 5.88 Å². The van der Waals surface area contributed by atoms with Crippen molar-refractivity contribution in [2.45, 2.75) is 32.7 Å². The van der Waals surface area contributed by atoms with Gasteiger partial charge in [-0.05, 0) is 44.9 Å². The van der Waals surface area contributed by atoms with Crippen molar-refractivity contribution in [3.8, 4) is 11.6 Å². The first kappa shape index (κ1) is 20.3. The van der Waals surface area contributed by atoms with E-state index < -0.39 is 0 Å². The van der Waals surface area contributed by atoms with Gasteiger partial charge in [0.25, 0.3) is 5.91 Å². The molecule has 30 heavy (non-hydrogen) atoms. The van der Waals surface area contributed by atoms with Gasteiger partial charge in [0.05, 0.1) is 35.3 Å². The molecule has 0 radical (unpaired) electrons. The van der Waals surface area contributed by atoms with E-state index in [1.807, 2.05) is 30.0 Å². The van der Waals surface area contributed by atoms with Crippen LogP contribution in [0.2, 0.25) is 5.02 Å². The molecular formula is C22H24ClN5O2. The number of nitrogens with zero attached hydrogens (tertiary/aromatic N) is 5. The Kier molecular flexibility index (Phi) is 5.99. The molecule has 8 heteroatoms. The second kappa shape index (κ2) is 8.83. The predicted octanol–water partition coefficient (Wildman–Crippen LogP) is 3.94. The molecule has 1 aliphatic rings. The van der Waals surface area contributed by atoms with E-state index in [1.165, 1.54) is 4.80 Å². The minimum Gasteiger partial charge on any atom is -0.477 e. The summed E-state index contributed by atoms with van der Waals surface area (Å²) < 4.78 is 5.84. The second-order valence-corrected chi connectivity index (χ2v) is 8.15. The summed E-state index contributed by atoms with van der Waals surface area (Å²) in [5.74, 6) is 0.771. The topological polar surface area (TPSA) is 73.1 Å². The van der Waals surface area contributed by atoms with Gasteiger partial charge in [-0.3, -0.25) is 4.79 Å². The van der Waals surface area contributed by atoms with Crippen LogP contribution >= 0.6 is 11.6 Å². The maximum Gasteiger partial charge on any atom is 0.256 e. The summed E-state index contributed by atoms with van der Waals surface area (Å²) in [7, 11) is 0. The van der Waals surface area contributed by atoms with Crippen molar-refractivity contribution in [3.63, 3.8) is 0 Å². The van der Waals surface area contributed by atoms with E-state index in [4.69, 9.17) is 16.3 Å². The smallest absolute Gasteiger partial charge is 0.256 e. The number of aryl methyl sites for hydroxylation is 1. The SMILES string of the molecule is Cc1ccc(-n2nccn2)c(C(=O)N2CC(COc3ccc(Cl)cn3)CCC2C)c1. The Morgan fingerprint density at radius 1 is 1.20 bits per heavy atom. The van der Waals surface area contributed by atoms with Crippen LogP contribution in [0.25, 0.3) is 5.69 Å². The number of rotatable bonds is 5. The van der Waals surface area contributed by atoms with Gasteiger partial charge in [-0.15, -0.1) is 0 Å². The number of carbonyl (C=O) groups excluding carboxylic acids is 1. The molecular weight excluding hydrogens is 402 g/mol. The van der Waals surface area contributed by atoms with Crippen molar-refractivity contribution in [2.24, 2.45) is 5.92 Å². The molecule has 0 N–H and O–H groups in total. The van der Waals surface area contributed by atoms with Crippen molar-refractivity contribution in [2.75, 3.05) is 13.2 Å². The number of hydrogen-bond donors (Lipinski definition) is 0. The number of likely N-dealkylation sites (tertiary alicyclic amines) is 1. The van der Waals surface area contributed by atoms with E-state index >= 15 is 0 Å². The molecule has 3 heterocycles. The zero-order valence-electron chi connectivity index (χ0n) is 17.0. The summed E-state index contributed by atoms with van der Waals surface area (Å²) in [5, 5.41) is 8.99. The van der Waals surface area contributed by atoms with Crippen molar-refractivity contribution >= 4 is 17.5 Å². The Hall–Kier alpha value is -2.93. The lowest BCUT2D eigenvalue weighted by Crippen LogP contribution is -2.47. The number of halogens is 1. The molecule has 3 aromatic rings. The van der Waals surface area contributed by atoms with Crippen LogP contribution < -0.4 is 4.74 Å². The molecule has 2 unspecified atom stereocenters. The third-order valence-corrected chi connectivity index (χ3v) is 5.65. The normalized spacial score (nSPS) is 19.0. The van der Waals surface area contributed by atoms with E-state index in [2.05, 4.69) is 22.1 Å². The maximum absolute atomic E-state index is 13.5. The third-order valence-electron chi connectivity index (χ3n) is 5.42. The van der Waals surface area contributed by atoms with Crippen molar-refractivity contribution < 1.29 is 9.53 Å². The second-order valence-electron chi connectivity index (χ2n) is 7.71. The first-order valence-corrected chi connectivity index (χ1v) is 10.4. The van der Waals surface area contributed by atoms with Gasteiger partial charge in [-0.25, -0.2) is 4.98 Å². The molecule has 7 nitrogen and oxygen atoms in total. The Balaban J connectivity index is 1.50. The highest BCUT2D eigenvalue weighted by molar-refractivity contribution is 6.30. The van der Waals surface area contributed by atoms with Crippen LogP contribution in [0.1, 0.15) is 35.7 Å². The van der Waals surface area contributed by atoms with Gasteiger partial charge >= 0.3 is 0 Å². The number of hydrogen-bond acceptors (Lipinski definition) is 5. The first-order valence-electron chi connectivity index (χ1n) is 10.0. The molecule has 4 rings (SSSR count). The predicted molar refractivity (Wildman–Crippen MR) is 114 cm³/mol. The number of amides is 1. The number of ether oxygens (including phenoxy) is 1. The standard InChI is InChI=1S/C22H24ClN5O2/c1-15-3-7-20(28-25-9-10-26-28)19(11-15)22(29)27-13-17(5-4-16(27)2)14-30-21-8-6-18(23)12-24-21/h3,6-12,16-17H,4-5,13-14H2,1-2H3. The minimum atomic E-state index is -0.00665. The van der Waals surface area contributed by atoms with Crippen LogP contribution in [0.5, 0.6) is 5.88 Å². The minimum absolute atomic E-state index is 0.00665. The summed E-state index contributed by atoms with van der Waals surface area (Å²) in [6.45, 7) is 5.21. The first-order chi connectivity index (χ1) is 14.5. The highest BCUT2D eigenvalue weighted by Crippen LogP contribution is 2.26. The van der Waals surface area contributed by atoms with Crippen molar-refractivity contribution in [3.05, 3.63) is 65.1 Å². The van der Waals surface area contributed by atoms with Gasteiger partial charge in [0, 0.05) is 30.8 Å². The molecule has 1 amide bonds. The third kappa shape index (κ3) is 4.46. The molecule has 0 spiro atoms. The van der Waals surface area contributed by atoms with Gasteiger partial charge < -0.3 is 9.64 Å². The van der Waals surface area contributed by atoms with Gasteiger partial charge in [0.15, 0.2) is 0 Å². The van der Waals surface area contributed by atoms with Crippen LogP contribution in [0.3, 0.4) is 0 Å². The molecule has 1 aromatic carbocycles. The highest BCUT2D eigenvalue weighted by Gasteiger charge is 2.31. The molecule has 1 fully saturated rings. The zero-order valence-corrected chi connectivity index (χ0v) is 17.8. The molecule has 0 aliphatic carbocycles. The molecule has 0 saturated carbocycles. The monoisotopic (exact) mass is 425 g/mol. The average Bonchev–Trinajstić information content (AvgIpc) is 3.28. The molecule has 156 valence electrons. The van der Waals surface area contributed by atoms with Crippen LogP contribution in [-0.4, -0.2) is 50.0 Å². The van der Waals surface area contributed by atoms with Crippen LogP contribution in [-0.2, 0) is 0 Å². The Morgan fingerprint density at radius 2 is 2.00 bits per heavy atom. The van der Waals surface area contributed by atoms with Gasteiger partial charge in [-0.2, -0.15) is 15.0 Å². The van der Waals surface area contributed by atoms with Crippen LogP contribution in [0, 0.1) is 12.8 Å². The van der Waals surface area contributed by atoms with E-state index in [9.17, 15) is 4.79 Å². The maximum atomic E-state index is 13.5. The lowest BCUT2D eigenvalue weighted by Gasteiger charge is -2.38. The lowest BCUT2D eigenvalue weighted by atomic mass is 9.93. The molecule has 1 saturated heterocycles. The van der Waals surface area contributed by atoms with E-state index in [1.54, 1.807) is 30.7 Å². The fraction of sp³-hybridized carbons (Fsp3) is 0.364. The largest absolute Gasteiger partial charge is 0.477 e. The van der Waals surface area contributed by atoms with E-state index in [0.717, 1.165) is 18.4 Å². The quantitative estimate of drug-likeness (QED) is 0.619. The Morgan fingerprint density at radius 3 is 2.73 bits per heavy atom. The van der Waals surface area contributed by atoms with Gasteiger partial charge in [0.1, 0.15) is 0 Å². The average molecular weight is 426 g/mol. The summed E-state index contributed by atoms with van der Waals surface area (Å²) >= 11 is 5.88. The highest BCUT2D eigenvalue weighted by atomic mass is 35.5. The summed E-state index contributed by atoms with van der Waals surface area (Å²) in [6.07, 6.45) is 6.71. The number of benzene rings is 1.